The maximum Gasteiger partial charge on any atom is 0.236 e. The molecule has 0 bridgehead atoms. The van der Waals surface area contributed by atoms with Gasteiger partial charge in [-0.25, -0.2) is 0 Å². The topological polar surface area (TPSA) is 115 Å². The largest absolute Gasteiger partial charge is 0.326 e. The maximum atomic E-state index is 12.4. The minimum absolute atomic E-state index is 0.0892. The number of nitrogens with one attached hydrogen (secondary N) is 2. The lowest BCUT2D eigenvalue weighted by Gasteiger charge is -2.08. The number of hydrogen-bond donors (Lipinski definition) is 2. The van der Waals surface area contributed by atoms with Crippen molar-refractivity contribution in [2.75, 3.05) is 16.4 Å². The number of carbonyl (C=O) groups excluding carboxylic acids is 2. The van der Waals surface area contributed by atoms with Crippen molar-refractivity contribution in [3.8, 4) is 0 Å². The van der Waals surface area contributed by atoms with Crippen LogP contribution in [0.3, 0.4) is 0 Å². The average molecular weight is 460 g/mol. The monoisotopic (exact) mass is 459 g/mol. The Labute approximate surface area is 189 Å². The lowest BCUT2D eigenvalue weighted by atomic mass is 10.1. The Kier molecular flexibility index (Phi) is 7.39. The summed E-state index contributed by atoms with van der Waals surface area (Å²) in [4.78, 5) is 24.6. The summed E-state index contributed by atoms with van der Waals surface area (Å²) in [5.41, 5.74) is 3.03. The summed E-state index contributed by atoms with van der Waals surface area (Å²) in [5, 5.41) is 23.8. The van der Waals surface area contributed by atoms with Gasteiger partial charge in [-0.05, 0) is 37.1 Å². The van der Waals surface area contributed by atoms with Crippen LogP contribution in [0.1, 0.15) is 41.7 Å². The van der Waals surface area contributed by atoms with Crippen molar-refractivity contribution in [2.45, 2.75) is 45.2 Å². The third-order valence-electron chi connectivity index (χ3n) is 4.55. The van der Waals surface area contributed by atoms with Crippen molar-refractivity contribution >= 4 is 45.7 Å². The van der Waals surface area contributed by atoms with E-state index in [1.165, 1.54) is 28.7 Å². The Balaban J connectivity index is 1.52. The molecule has 0 unspecified atom stereocenters. The molecule has 0 radical (unpaired) electrons. The van der Waals surface area contributed by atoms with Gasteiger partial charge in [0.25, 0.3) is 0 Å². The van der Waals surface area contributed by atoms with E-state index in [9.17, 15) is 9.59 Å². The van der Waals surface area contributed by atoms with Crippen LogP contribution >= 0.6 is 23.1 Å². The molecule has 0 fully saturated rings. The first-order chi connectivity index (χ1) is 14.7. The predicted octanol–water partition coefficient (Wildman–Crippen LogP) is 3.32. The average Bonchev–Trinajstić information content (AvgIpc) is 3.31. The highest BCUT2D eigenvalue weighted by Crippen LogP contribution is 2.23. The first-order valence-corrected chi connectivity index (χ1v) is 11.5. The van der Waals surface area contributed by atoms with Gasteiger partial charge in [0.1, 0.15) is 10.8 Å². The Morgan fingerprint density at radius 2 is 1.84 bits per heavy atom. The summed E-state index contributed by atoms with van der Waals surface area (Å²) < 4.78 is 1.72. The second-order valence-electron chi connectivity index (χ2n) is 7.42. The van der Waals surface area contributed by atoms with Crippen LogP contribution in [0.5, 0.6) is 0 Å². The molecule has 3 aromatic rings. The Morgan fingerprint density at radius 1 is 1.06 bits per heavy atom. The molecule has 0 saturated heterocycles. The van der Waals surface area contributed by atoms with Crippen molar-refractivity contribution in [3.05, 3.63) is 40.2 Å². The Bertz CT molecular complexity index is 1090. The molecule has 0 saturated carbocycles. The van der Waals surface area contributed by atoms with Crippen LogP contribution in [-0.4, -0.2) is 42.5 Å². The highest BCUT2D eigenvalue weighted by atomic mass is 32.2. The van der Waals surface area contributed by atoms with Crippen LogP contribution in [0, 0.1) is 13.8 Å². The quantitative estimate of drug-likeness (QED) is 0.497. The summed E-state index contributed by atoms with van der Waals surface area (Å²) in [5.74, 6) is 0.563. The predicted molar refractivity (Wildman–Crippen MR) is 123 cm³/mol. The lowest BCUT2D eigenvalue weighted by molar-refractivity contribution is -0.116. The molecule has 3 rings (SSSR count). The lowest BCUT2D eigenvalue weighted by Crippen LogP contribution is -2.17. The minimum Gasteiger partial charge on any atom is -0.326 e. The highest BCUT2D eigenvalue weighted by Gasteiger charge is 2.16. The van der Waals surface area contributed by atoms with Gasteiger partial charge in [-0.1, -0.05) is 43.0 Å². The number of carbonyl (C=O) groups is 2. The van der Waals surface area contributed by atoms with Crippen LogP contribution in [-0.2, 0) is 23.1 Å². The molecule has 2 heterocycles. The standard InChI is InChI=1S/C20H25N7O2S2/c1-11(2)18-24-25-19(31-18)22-17(29)10-30-20-26-23-15(27(20)5)9-16(28)21-14-7-6-12(3)13(4)8-14/h6-8,11H,9-10H2,1-5H3,(H,21,28)(H,22,25,29). The van der Waals surface area contributed by atoms with E-state index in [1.54, 1.807) is 11.6 Å². The Morgan fingerprint density at radius 3 is 2.52 bits per heavy atom. The third kappa shape index (κ3) is 6.11. The summed E-state index contributed by atoms with van der Waals surface area (Å²) in [6.45, 7) is 8.07. The van der Waals surface area contributed by atoms with Gasteiger partial charge >= 0.3 is 0 Å². The number of benzene rings is 1. The van der Waals surface area contributed by atoms with Gasteiger partial charge in [0.15, 0.2) is 5.16 Å². The summed E-state index contributed by atoms with van der Waals surface area (Å²) >= 11 is 2.61. The molecule has 31 heavy (non-hydrogen) atoms. The molecule has 11 heteroatoms. The first-order valence-electron chi connectivity index (χ1n) is 9.74. The molecule has 2 amide bonds. The molecule has 9 nitrogen and oxygen atoms in total. The fourth-order valence-electron chi connectivity index (χ4n) is 2.60. The third-order valence-corrected chi connectivity index (χ3v) is 6.71. The van der Waals surface area contributed by atoms with Crippen molar-refractivity contribution in [3.63, 3.8) is 0 Å². The number of thioether (sulfide) groups is 1. The molecular formula is C20H25N7O2S2. The van der Waals surface area contributed by atoms with Gasteiger partial charge < -0.3 is 9.88 Å². The van der Waals surface area contributed by atoms with Crippen molar-refractivity contribution < 1.29 is 9.59 Å². The number of aryl methyl sites for hydroxylation is 2. The molecule has 164 valence electrons. The number of amides is 2. The SMILES string of the molecule is Cc1ccc(NC(=O)Cc2nnc(SCC(=O)Nc3nnc(C(C)C)s3)n2C)cc1C. The van der Waals surface area contributed by atoms with Gasteiger partial charge in [-0.3, -0.25) is 14.9 Å². The number of aromatic nitrogens is 5. The van der Waals surface area contributed by atoms with Crippen molar-refractivity contribution in [2.24, 2.45) is 7.05 Å². The van der Waals surface area contributed by atoms with Crippen LogP contribution in [0.2, 0.25) is 0 Å². The molecule has 0 aliphatic heterocycles. The zero-order chi connectivity index (χ0) is 22.5. The van der Waals surface area contributed by atoms with Crippen molar-refractivity contribution in [1.29, 1.82) is 0 Å². The number of nitrogens with zero attached hydrogens (tertiary/aromatic N) is 5. The van der Waals surface area contributed by atoms with E-state index in [4.69, 9.17) is 0 Å². The van der Waals surface area contributed by atoms with E-state index in [1.807, 2.05) is 45.9 Å². The molecule has 2 N–H and O–H groups in total. The van der Waals surface area contributed by atoms with Gasteiger partial charge in [0.2, 0.25) is 16.9 Å². The summed E-state index contributed by atoms with van der Waals surface area (Å²) in [6, 6.07) is 5.78. The molecule has 0 spiro atoms. The van der Waals surface area contributed by atoms with Crippen LogP contribution < -0.4 is 10.6 Å². The van der Waals surface area contributed by atoms with Crippen LogP contribution in [0.25, 0.3) is 0 Å². The smallest absolute Gasteiger partial charge is 0.236 e. The van der Waals surface area contributed by atoms with Gasteiger partial charge in [-0.15, -0.1) is 20.4 Å². The number of anilines is 2. The van der Waals surface area contributed by atoms with E-state index in [2.05, 4.69) is 31.0 Å². The molecule has 0 aliphatic rings. The molecule has 0 atom stereocenters. The molecule has 2 aromatic heterocycles. The van der Waals surface area contributed by atoms with E-state index >= 15 is 0 Å². The van der Waals surface area contributed by atoms with Gasteiger partial charge in [-0.2, -0.15) is 0 Å². The summed E-state index contributed by atoms with van der Waals surface area (Å²) in [6.07, 6.45) is 0.0892. The zero-order valence-corrected chi connectivity index (χ0v) is 19.7. The minimum atomic E-state index is -0.200. The maximum absolute atomic E-state index is 12.4. The fourth-order valence-corrected chi connectivity index (χ4v) is 4.09. The van der Waals surface area contributed by atoms with E-state index in [-0.39, 0.29) is 29.9 Å². The van der Waals surface area contributed by atoms with Crippen LogP contribution in [0.4, 0.5) is 10.8 Å². The molecule has 1 aromatic carbocycles. The second-order valence-corrected chi connectivity index (χ2v) is 9.37. The summed E-state index contributed by atoms with van der Waals surface area (Å²) in [7, 11) is 1.78. The van der Waals surface area contributed by atoms with E-state index in [0.29, 0.717) is 16.1 Å². The normalized spacial score (nSPS) is 11.0. The Hall–Kier alpha value is -2.79. The van der Waals surface area contributed by atoms with E-state index < -0.39 is 0 Å². The fraction of sp³-hybridized carbons (Fsp3) is 0.400. The zero-order valence-electron chi connectivity index (χ0n) is 18.1. The second kappa shape index (κ2) is 10.0. The molecular weight excluding hydrogens is 434 g/mol. The molecule has 0 aliphatic carbocycles. The van der Waals surface area contributed by atoms with Crippen LogP contribution in [0.15, 0.2) is 23.4 Å². The first kappa shape index (κ1) is 22.9. The number of hydrogen-bond acceptors (Lipinski definition) is 8. The highest BCUT2D eigenvalue weighted by molar-refractivity contribution is 7.99. The van der Waals surface area contributed by atoms with Gasteiger partial charge in [0, 0.05) is 18.7 Å². The van der Waals surface area contributed by atoms with Gasteiger partial charge in [0.05, 0.1) is 12.2 Å². The van der Waals surface area contributed by atoms with Crippen molar-refractivity contribution in [1.82, 2.24) is 25.0 Å². The number of rotatable bonds is 8. The van der Waals surface area contributed by atoms with E-state index in [0.717, 1.165) is 16.3 Å².